The van der Waals surface area contributed by atoms with Crippen molar-refractivity contribution in [3.05, 3.63) is 51.9 Å². The van der Waals surface area contributed by atoms with Gasteiger partial charge in [-0.25, -0.2) is 4.79 Å². The van der Waals surface area contributed by atoms with Crippen LogP contribution in [0.5, 0.6) is 0 Å². The Hall–Kier alpha value is -1.79. The summed E-state index contributed by atoms with van der Waals surface area (Å²) in [6, 6.07) is 7.29. The number of furan rings is 1. The first-order valence-corrected chi connectivity index (χ1v) is 6.72. The van der Waals surface area contributed by atoms with Crippen LogP contribution in [0.25, 0.3) is 0 Å². The number of hydrogen-bond acceptors (Lipinski definition) is 4. The van der Waals surface area contributed by atoms with Gasteiger partial charge in [0.15, 0.2) is 0 Å². The Morgan fingerprint density at radius 3 is 2.95 bits per heavy atom. The largest absolute Gasteiger partial charge is 0.478 e. The van der Waals surface area contributed by atoms with Gasteiger partial charge in [0.05, 0.1) is 18.7 Å². The minimum atomic E-state index is -0.998. The van der Waals surface area contributed by atoms with Crippen LogP contribution in [-0.2, 0) is 17.9 Å². The van der Waals surface area contributed by atoms with Crippen molar-refractivity contribution in [3.8, 4) is 0 Å². The van der Waals surface area contributed by atoms with Crippen molar-refractivity contribution in [3.63, 3.8) is 0 Å². The fourth-order valence-electron chi connectivity index (χ4n) is 1.78. The summed E-state index contributed by atoms with van der Waals surface area (Å²) in [7, 11) is 1.63. The van der Waals surface area contributed by atoms with E-state index in [-0.39, 0.29) is 5.56 Å². The molecule has 6 heteroatoms. The topological polar surface area (TPSA) is 71.7 Å². The van der Waals surface area contributed by atoms with Gasteiger partial charge in [0.2, 0.25) is 0 Å². The minimum absolute atomic E-state index is 0.146. The number of benzene rings is 1. The van der Waals surface area contributed by atoms with Crippen LogP contribution in [0, 0.1) is 0 Å². The van der Waals surface area contributed by atoms with Gasteiger partial charge in [0.1, 0.15) is 12.0 Å². The van der Waals surface area contributed by atoms with Crippen LogP contribution in [0.4, 0.5) is 5.69 Å². The maximum Gasteiger partial charge on any atom is 0.338 e. The molecular weight excluding hydrogens is 326 g/mol. The number of aromatic carboxylic acids is 1. The van der Waals surface area contributed by atoms with E-state index < -0.39 is 5.97 Å². The van der Waals surface area contributed by atoms with Crippen LogP contribution in [-0.4, -0.2) is 18.2 Å². The summed E-state index contributed by atoms with van der Waals surface area (Å²) in [5.41, 5.74) is 2.06. The first-order chi connectivity index (χ1) is 9.61. The second kappa shape index (κ2) is 6.58. The predicted molar refractivity (Wildman–Crippen MR) is 77.8 cm³/mol. The lowest BCUT2D eigenvalue weighted by atomic mass is 10.2. The number of nitrogens with one attached hydrogen (secondary N) is 1. The van der Waals surface area contributed by atoms with Gasteiger partial charge >= 0.3 is 5.97 Å². The van der Waals surface area contributed by atoms with Crippen molar-refractivity contribution in [2.75, 3.05) is 12.4 Å². The summed E-state index contributed by atoms with van der Waals surface area (Å²) in [6.45, 7) is 0.878. The third-order valence-electron chi connectivity index (χ3n) is 2.76. The molecule has 1 aromatic heterocycles. The molecular formula is C14H14BrNO4. The first kappa shape index (κ1) is 14.6. The van der Waals surface area contributed by atoms with Crippen molar-refractivity contribution >= 4 is 27.6 Å². The molecule has 0 fully saturated rings. The lowest BCUT2D eigenvalue weighted by Crippen LogP contribution is -2.03. The third kappa shape index (κ3) is 3.40. The quantitative estimate of drug-likeness (QED) is 0.842. The van der Waals surface area contributed by atoms with Crippen molar-refractivity contribution in [2.24, 2.45) is 0 Å². The predicted octanol–water partition coefficient (Wildman–Crippen LogP) is 3.50. The molecule has 1 heterocycles. The maximum absolute atomic E-state index is 10.8. The van der Waals surface area contributed by atoms with Gasteiger partial charge in [-0.05, 0) is 18.2 Å². The number of ether oxygens (including phenoxy) is 1. The lowest BCUT2D eigenvalue weighted by molar-refractivity contribution is 0.0696. The number of carboxylic acids is 1. The second-order valence-corrected chi connectivity index (χ2v) is 5.01. The third-order valence-corrected chi connectivity index (χ3v) is 3.50. The molecule has 0 saturated carbocycles. The Bertz CT molecular complexity index is 609. The summed E-state index contributed by atoms with van der Waals surface area (Å²) in [5, 5.41) is 12.0. The van der Waals surface area contributed by atoms with Gasteiger partial charge in [-0.2, -0.15) is 0 Å². The molecule has 20 heavy (non-hydrogen) atoms. The van der Waals surface area contributed by atoms with E-state index in [1.54, 1.807) is 7.11 Å². The van der Waals surface area contributed by atoms with E-state index in [2.05, 4.69) is 21.2 Å². The molecule has 0 saturated heterocycles. The number of carbonyl (C=O) groups is 1. The molecule has 0 bridgehead atoms. The molecule has 106 valence electrons. The van der Waals surface area contributed by atoms with Crippen LogP contribution in [0.1, 0.15) is 21.7 Å². The normalized spacial score (nSPS) is 10.5. The summed E-state index contributed by atoms with van der Waals surface area (Å²) >= 11 is 3.48. The average Bonchev–Trinajstić information content (AvgIpc) is 2.89. The van der Waals surface area contributed by atoms with Gasteiger partial charge in [-0.1, -0.05) is 22.0 Å². The maximum atomic E-state index is 10.8. The van der Waals surface area contributed by atoms with Gasteiger partial charge in [-0.3, -0.25) is 0 Å². The highest BCUT2D eigenvalue weighted by atomic mass is 79.9. The molecule has 2 aromatic rings. The van der Waals surface area contributed by atoms with E-state index >= 15 is 0 Å². The number of rotatable bonds is 6. The lowest BCUT2D eigenvalue weighted by Gasteiger charge is -2.12. The molecule has 0 aliphatic heterocycles. The highest BCUT2D eigenvalue weighted by Gasteiger charge is 2.10. The summed E-state index contributed by atoms with van der Waals surface area (Å²) in [4.78, 5) is 10.8. The van der Waals surface area contributed by atoms with Crippen LogP contribution in [0.15, 0.2) is 39.4 Å². The van der Waals surface area contributed by atoms with Gasteiger partial charge in [0, 0.05) is 22.8 Å². The summed E-state index contributed by atoms with van der Waals surface area (Å²) in [5.74, 6) is -0.437. The fourth-order valence-corrected chi connectivity index (χ4v) is 2.26. The monoisotopic (exact) mass is 339 g/mol. The van der Waals surface area contributed by atoms with Crippen molar-refractivity contribution in [2.45, 2.75) is 13.2 Å². The van der Waals surface area contributed by atoms with Crippen LogP contribution >= 0.6 is 15.9 Å². The second-order valence-electron chi connectivity index (χ2n) is 4.16. The Morgan fingerprint density at radius 2 is 2.30 bits per heavy atom. The standard InChI is InChI=1S/C14H14BrNO4/c1-19-8-11-12(15)3-2-4-13(11)16-6-10-5-9(7-20-10)14(17)18/h2-5,7,16H,6,8H2,1H3,(H,17,18). The highest BCUT2D eigenvalue weighted by Crippen LogP contribution is 2.26. The summed E-state index contributed by atoms with van der Waals surface area (Å²) < 4.78 is 11.3. The molecule has 0 spiro atoms. The highest BCUT2D eigenvalue weighted by molar-refractivity contribution is 9.10. The Morgan fingerprint density at radius 1 is 1.50 bits per heavy atom. The zero-order valence-corrected chi connectivity index (χ0v) is 12.4. The van der Waals surface area contributed by atoms with Crippen molar-refractivity contribution < 1.29 is 19.1 Å². The molecule has 0 aliphatic carbocycles. The molecule has 0 aliphatic rings. The number of carboxylic acid groups (broad SMARTS) is 1. The van der Waals surface area contributed by atoms with Crippen LogP contribution < -0.4 is 5.32 Å². The molecule has 2 N–H and O–H groups in total. The minimum Gasteiger partial charge on any atom is -0.478 e. The Labute approximate surface area is 124 Å². The zero-order chi connectivity index (χ0) is 14.5. The molecule has 0 amide bonds. The van der Waals surface area contributed by atoms with E-state index in [1.165, 1.54) is 12.3 Å². The molecule has 1 aromatic carbocycles. The zero-order valence-electron chi connectivity index (χ0n) is 10.9. The average molecular weight is 340 g/mol. The molecule has 5 nitrogen and oxygen atoms in total. The van der Waals surface area contributed by atoms with Crippen LogP contribution in [0.2, 0.25) is 0 Å². The molecule has 0 radical (unpaired) electrons. The van der Waals surface area contributed by atoms with E-state index in [9.17, 15) is 4.79 Å². The SMILES string of the molecule is COCc1c(Br)cccc1NCc1cc(C(=O)O)co1. The number of anilines is 1. The fraction of sp³-hybridized carbons (Fsp3) is 0.214. The summed E-state index contributed by atoms with van der Waals surface area (Å²) in [6.07, 6.45) is 1.23. The van der Waals surface area contributed by atoms with Gasteiger partial charge in [-0.15, -0.1) is 0 Å². The van der Waals surface area contributed by atoms with E-state index in [1.807, 2.05) is 18.2 Å². The van der Waals surface area contributed by atoms with Crippen molar-refractivity contribution in [1.29, 1.82) is 0 Å². The van der Waals surface area contributed by atoms with Crippen LogP contribution in [0.3, 0.4) is 0 Å². The smallest absolute Gasteiger partial charge is 0.338 e. The van der Waals surface area contributed by atoms with Gasteiger partial charge < -0.3 is 19.6 Å². The van der Waals surface area contributed by atoms with Gasteiger partial charge in [0.25, 0.3) is 0 Å². The van der Waals surface area contributed by atoms with E-state index in [4.69, 9.17) is 14.3 Å². The number of halogens is 1. The van der Waals surface area contributed by atoms with E-state index in [0.29, 0.717) is 18.9 Å². The molecule has 2 rings (SSSR count). The molecule has 0 unspecified atom stereocenters. The first-order valence-electron chi connectivity index (χ1n) is 5.92. The Balaban J connectivity index is 2.10. The van der Waals surface area contributed by atoms with E-state index in [0.717, 1.165) is 15.7 Å². The number of hydrogen-bond donors (Lipinski definition) is 2. The Kier molecular flexibility index (Phi) is 4.81. The van der Waals surface area contributed by atoms with Crippen molar-refractivity contribution in [1.82, 2.24) is 0 Å². The molecule has 0 atom stereocenters. The number of methoxy groups -OCH3 is 1.